The summed E-state index contributed by atoms with van der Waals surface area (Å²) in [5.74, 6) is -0.219. The lowest BCUT2D eigenvalue weighted by atomic mass is 10.2. The first kappa shape index (κ1) is 16.8. The van der Waals surface area contributed by atoms with E-state index in [-0.39, 0.29) is 12.0 Å². The van der Waals surface area contributed by atoms with E-state index >= 15 is 0 Å². The van der Waals surface area contributed by atoms with Gasteiger partial charge < -0.3 is 4.74 Å². The van der Waals surface area contributed by atoms with Gasteiger partial charge in [-0.05, 0) is 38.8 Å². The molecule has 1 N–H and O–H groups in total. The molecular weight excluding hydrogens is 374 g/mol. The second-order valence-electron chi connectivity index (χ2n) is 5.86. The topological polar surface area (TPSA) is 64.1 Å². The first-order valence-corrected chi connectivity index (χ1v) is 10.5. The van der Waals surface area contributed by atoms with Crippen molar-refractivity contribution >= 4 is 45.0 Å². The lowest BCUT2D eigenvalue weighted by Gasteiger charge is -2.03. The van der Waals surface area contributed by atoms with Crippen LogP contribution in [-0.2, 0) is 4.74 Å². The second-order valence-corrected chi connectivity index (χ2v) is 9.24. The molecule has 1 aliphatic rings. The van der Waals surface area contributed by atoms with E-state index in [0.717, 1.165) is 39.9 Å². The minimum atomic E-state index is -0.219. The van der Waals surface area contributed by atoms with Crippen LogP contribution in [0.2, 0.25) is 0 Å². The number of carbonyl (C=O) groups excluding carboxylic acids is 1. The maximum atomic E-state index is 12.5. The number of rotatable bonds is 4. The molecule has 0 aliphatic carbocycles. The monoisotopic (exact) mass is 391 g/mol. The summed E-state index contributed by atoms with van der Waals surface area (Å²) in [6.45, 7) is 4.87. The lowest BCUT2D eigenvalue weighted by molar-refractivity contribution is 0.101. The van der Waals surface area contributed by atoms with Gasteiger partial charge in [-0.2, -0.15) is 0 Å². The smallest absolute Gasteiger partial charge is 0.276 e. The second kappa shape index (κ2) is 6.95. The number of hydrogen-bond donors (Lipinski definition) is 1. The van der Waals surface area contributed by atoms with E-state index < -0.39 is 0 Å². The summed E-state index contributed by atoms with van der Waals surface area (Å²) in [6.07, 6.45) is 2.07. The molecule has 0 saturated carbocycles. The van der Waals surface area contributed by atoms with Crippen LogP contribution in [0.15, 0.2) is 17.5 Å². The minimum absolute atomic E-state index is 0.0438. The predicted octanol–water partition coefficient (Wildman–Crippen LogP) is 5.05. The Labute approximate surface area is 157 Å². The summed E-state index contributed by atoms with van der Waals surface area (Å²) >= 11 is 4.68. The van der Waals surface area contributed by atoms with Crippen LogP contribution in [0.3, 0.4) is 0 Å². The number of aryl methyl sites for hydroxylation is 2. The summed E-state index contributed by atoms with van der Waals surface area (Å²) in [7, 11) is 0. The van der Waals surface area contributed by atoms with Gasteiger partial charge in [-0.3, -0.25) is 10.1 Å². The number of amides is 1. The lowest BCUT2D eigenvalue weighted by Crippen LogP contribution is -2.12. The molecule has 1 amide bonds. The Morgan fingerprint density at radius 2 is 2.16 bits per heavy atom. The van der Waals surface area contributed by atoms with Crippen molar-refractivity contribution in [1.82, 2.24) is 9.97 Å². The van der Waals surface area contributed by atoms with Crippen LogP contribution in [0.4, 0.5) is 5.13 Å². The number of ether oxygens (including phenoxy) is 1. The molecule has 0 aromatic carbocycles. The van der Waals surface area contributed by atoms with Crippen LogP contribution in [0.1, 0.15) is 44.2 Å². The molecule has 0 spiro atoms. The Bertz CT molecular complexity index is 906. The van der Waals surface area contributed by atoms with Crippen molar-refractivity contribution in [3.63, 3.8) is 0 Å². The summed E-state index contributed by atoms with van der Waals surface area (Å²) in [6, 6.07) is 4.15. The fourth-order valence-corrected chi connectivity index (χ4v) is 5.40. The van der Waals surface area contributed by atoms with Gasteiger partial charge in [0.25, 0.3) is 5.91 Å². The Kier molecular flexibility index (Phi) is 4.68. The van der Waals surface area contributed by atoms with Gasteiger partial charge in [0.2, 0.25) is 0 Å². The molecule has 1 saturated heterocycles. The van der Waals surface area contributed by atoms with Gasteiger partial charge in [-0.25, -0.2) is 9.97 Å². The average molecular weight is 392 g/mol. The molecule has 0 radical (unpaired) electrons. The summed E-state index contributed by atoms with van der Waals surface area (Å²) in [5.41, 5.74) is 1.37. The van der Waals surface area contributed by atoms with Crippen LogP contribution in [0.5, 0.6) is 0 Å². The molecule has 1 fully saturated rings. The fourth-order valence-electron chi connectivity index (χ4n) is 2.71. The maximum Gasteiger partial charge on any atom is 0.276 e. The number of hydrogen-bond acceptors (Lipinski definition) is 7. The molecule has 8 heteroatoms. The van der Waals surface area contributed by atoms with Crippen LogP contribution in [-0.4, -0.2) is 22.5 Å². The van der Waals surface area contributed by atoms with Gasteiger partial charge in [0.05, 0.1) is 10.6 Å². The van der Waals surface area contributed by atoms with Crippen LogP contribution >= 0.6 is 34.0 Å². The maximum absolute atomic E-state index is 12.5. The molecule has 1 atom stereocenters. The van der Waals surface area contributed by atoms with Gasteiger partial charge >= 0.3 is 0 Å². The van der Waals surface area contributed by atoms with E-state index in [0.29, 0.717) is 10.8 Å². The van der Waals surface area contributed by atoms with Crippen molar-refractivity contribution in [2.45, 2.75) is 32.8 Å². The minimum Gasteiger partial charge on any atom is -0.371 e. The van der Waals surface area contributed by atoms with E-state index in [1.807, 2.05) is 6.92 Å². The van der Waals surface area contributed by atoms with E-state index in [4.69, 9.17) is 4.74 Å². The summed E-state index contributed by atoms with van der Waals surface area (Å²) < 4.78 is 5.63. The highest BCUT2D eigenvalue weighted by molar-refractivity contribution is 7.18. The van der Waals surface area contributed by atoms with Crippen LogP contribution < -0.4 is 5.32 Å². The van der Waals surface area contributed by atoms with Crippen molar-refractivity contribution in [3.8, 4) is 10.6 Å². The van der Waals surface area contributed by atoms with Gasteiger partial charge in [-0.15, -0.1) is 34.0 Å². The molecule has 1 aliphatic heterocycles. The SMILES string of the molecule is Cc1ccc(-c2nc(NC(=O)c3csc([C@@H]4CCCO4)n3)sc2C)s1. The molecular formula is C17H17N3O2S3. The number of thiazole rings is 2. The van der Waals surface area contributed by atoms with Crippen molar-refractivity contribution < 1.29 is 9.53 Å². The highest BCUT2D eigenvalue weighted by Crippen LogP contribution is 2.35. The van der Waals surface area contributed by atoms with Crippen LogP contribution in [0, 0.1) is 13.8 Å². The normalized spacial score (nSPS) is 17.1. The van der Waals surface area contributed by atoms with Crippen molar-refractivity contribution in [2.75, 3.05) is 11.9 Å². The molecule has 0 bridgehead atoms. The fraction of sp³-hybridized carbons (Fsp3) is 0.353. The first-order chi connectivity index (χ1) is 12.1. The zero-order valence-corrected chi connectivity index (χ0v) is 16.3. The van der Waals surface area contributed by atoms with E-state index in [9.17, 15) is 4.79 Å². The van der Waals surface area contributed by atoms with Gasteiger partial charge in [0.15, 0.2) is 5.13 Å². The number of aromatic nitrogens is 2. The van der Waals surface area contributed by atoms with Crippen molar-refractivity contribution in [3.05, 3.63) is 38.0 Å². The molecule has 4 rings (SSSR count). The van der Waals surface area contributed by atoms with Crippen molar-refractivity contribution in [1.29, 1.82) is 0 Å². The Balaban J connectivity index is 1.49. The standard InChI is InChI=1S/C17H17N3O2S3/c1-9-5-6-13(24-9)14-10(2)25-17(19-14)20-15(21)11-8-23-16(18-11)12-4-3-7-22-12/h5-6,8,12H,3-4,7H2,1-2H3,(H,19,20,21)/t12-/m0/s1. The van der Waals surface area contributed by atoms with E-state index in [2.05, 4.69) is 34.3 Å². The summed E-state index contributed by atoms with van der Waals surface area (Å²) in [5, 5.41) is 6.15. The zero-order chi connectivity index (χ0) is 17.4. The largest absolute Gasteiger partial charge is 0.371 e. The van der Waals surface area contributed by atoms with Gasteiger partial charge in [-0.1, -0.05) is 0 Å². The number of nitrogens with one attached hydrogen (secondary N) is 1. The predicted molar refractivity (Wildman–Crippen MR) is 103 cm³/mol. The molecule has 25 heavy (non-hydrogen) atoms. The number of thiophene rings is 1. The third-order valence-electron chi connectivity index (χ3n) is 3.95. The number of nitrogens with zero attached hydrogens (tertiary/aromatic N) is 2. The molecule has 5 nitrogen and oxygen atoms in total. The number of carbonyl (C=O) groups is 1. The Morgan fingerprint density at radius 1 is 1.28 bits per heavy atom. The highest BCUT2D eigenvalue weighted by Gasteiger charge is 2.23. The van der Waals surface area contributed by atoms with Gasteiger partial charge in [0, 0.05) is 21.7 Å². The average Bonchev–Trinajstić information content (AvgIpc) is 3.33. The third kappa shape index (κ3) is 3.52. The van der Waals surface area contributed by atoms with Crippen LogP contribution in [0.25, 0.3) is 10.6 Å². The molecule has 3 aromatic heterocycles. The van der Waals surface area contributed by atoms with E-state index in [1.165, 1.54) is 27.6 Å². The number of anilines is 1. The van der Waals surface area contributed by atoms with E-state index in [1.54, 1.807) is 16.7 Å². The molecule has 130 valence electrons. The third-order valence-corrected chi connectivity index (χ3v) is 6.78. The zero-order valence-electron chi connectivity index (χ0n) is 13.9. The first-order valence-electron chi connectivity index (χ1n) is 8.03. The van der Waals surface area contributed by atoms with Crippen molar-refractivity contribution in [2.24, 2.45) is 0 Å². The Hall–Kier alpha value is -1.61. The molecule has 3 aromatic rings. The summed E-state index contributed by atoms with van der Waals surface area (Å²) in [4.78, 5) is 25.0. The molecule has 0 unspecified atom stereocenters. The molecule has 4 heterocycles. The van der Waals surface area contributed by atoms with Gasteiger partial charge in [0.1, 0.15) is 16.8 Å². The Morgan fingerprint density at radius 3 is 2.88 bits per heavy atom. The quantitative estimate of drug-likeness (QED) is 0.676. The highest BCUT2D eigenvalue weighted by atomic mass is 32.1.